The first-order chi connectivity index (χ1) is 14.0. The molecule has 1 unspecified atom stereocenters. The highest BCUT2D eigenvalue weighted by Gasteiger charge is 2.26. The molecule has 0 aromatic heterocycles. The molecule has 0 aliphatic carbocycles. The number of hydrogen-bond donors (Lipinski definition) is 1. The number of piperidine rings is 1. The number of carbonyl (C=O) groups excluding carboxylic acids is 2. The number of nitrogens with one attached hydrogen (secondary N) is 1. The highest BCUT2D eigenvalue weighted by atomic mass is 16.2. The van der Waals surface area contributed by atoms with Crippen molar-refractivity contribution in [3.8, 4) is 0 Å². The summed E-state index contributed by atoms with van der Waals surface area (Å²) in [5.74, 6) is 0.420. The predicted octanol–water partition coefficient (Wildman–Crippen LogP) is 3.15. The van der Waals surface area contributed by atoms with Gasteiger partial charge in [-0.1, -0.05) is 19.1 Å². The van der Waals surface area contributed by atoms with Crippen LogP contribution in [0.15, 0.2) is 24.3 Å². The fourth-order valence-corrected chi connectivity index (χ4v) is 4.37. The smallest absolute Gasteiger partial charge is 0.317 e. The molecule has 1 aromatic rings. The van der Waals surface area contributed by atoms with Crippen molar-refractivity contribution in [2.24, 2.45) is 0 Å². The zero-order valence-corrected chi connectivity index (χ0v) is 18.2. The molecule has 2 heterocycles. The summed E-state index contributed by atoms with van der Waals surface area (Å²) in [5.41, 5.74) is 1.94. The van der Waals surface area contributed by atoms with Crippen LogP contribution in [-0.4, -0.2) is 78.5 Å². The summed E-state index contributed by atoms with van der Waals surface area (Å²) in [5, 5.41) is 2.99. The van der Waals surface area contributed by atoms with Gasteiger partial charge in [0.05, 0.1) is 0 Å². The van der Waals surface area contributed by atoms with Gasteiger partial charge < -0.3 is 15.1 Å². The lowest BCUT2D eigenvalue weighted by molar-refractivity contribution is 0.0637. The molecule has 29 heavy (non-hydrogen) atoms. The van der Waals surface area contributed by atoms with Crippen LogP contribution in [0.3, 0.4) is 0 Å². The molecule has 1 aromatic carbocycles. The maximum absolute atomic E-state index is 13.0. The Hall–Kier alpha value is -2.08. The van der Waals surface area contributed by atoms with E-state index >= 15 is 0 Å². The highest BCUT2D eigenvalue weighted by Crippen LogP contribution is 2.28. The second kappa shape index (κ2) is 10.1. The molecule has 0 radical (unpaired) electrons. The molecule has 0 saturated carbocycles. The van der Waals surface area contributed by atoms with E-state index in [1.165, 1.54) is 5.56 Å². The van der Waals surface area contributed by atoms with E-state index in [9.17, 15) is 9.59 Å². The van der Waals surface area contributed by atoms with Gasteiger partial charge in [-0.3, -0.25) is 9.69 Å². The number of amides is 3. The van der Waals surface area contributed by atoms with Gasteiger partial charge in [0.15, 0.2) is 0 Å². The molecule has 160 valence electrons. The number of piperazine rings is 1. The minimum absolute atomic E-state index is 0.0156. The Labute approximate surface area is 175 Å². The van der Waals surface area contributed by atoms with Gasteiger partial charge in [-0.2, -0.15) is 0 Å². The molecule has 3 rings (SSSR count). The molecule has 3 amide bonds. The second-order valence-corrected chi connectivity index (χ2v) is 8.65. The third kappa shape index (κ3) is 5.72. The lowest BCUT2D eigenvalue weighted by atomic mass is 9.89. The van der Waals surface area contributed by atoms with E-state index in [1.54, 1.807) is 0 Å². The van der Waals surface area contributed by atoms with E-state index in [0.717, 1.165) is 64.1 Å². The van der Waals surface area contributed by atoms with Gasteiger partial charge in [-0.25, -0.2) is 4.79 Å². The van der Waals surface area contributed by atoms with E-state index in [2.05, 4.69) is 29.3 Å². The first-order valence-corrected chi connectivity index (χ1v) is 11.1. The molecule has 1 N–H and O–H groups in total. The minimum atomic E-state index is 0.0156. The normalized spacial score (nSPS) is 20.8. The number of benzene rings is 1. The molecular formula is C23H36N4O2. The van der Waals surface area contributed by atoms with Crippen LogP contribution in [0.2, 0.25) is 0 Å². The fourth-order valence-electron chi connectivity index (χ4n) is 4.37. The summed E-state index contributed by atoms with van der Waals surface area (Å²) in [6, 6.07) is 8.22. The molecule has 2 fully saturated rings. The van der Waals surface area contributed by atoms with Gasteiger partial charge in [0, 0.05) is 56.8 Å². The van der Waals surface area contributed by atoms with E-state index in [0.29, 0.717) is 6.54 Å². The average molecular weight is 401 g/mol. The van der Waals surface area contributed by atoms with Gasteiger partial charge >= 0.3 is 6.03 Å². The van der Waals surface area contributed by atoms with Crippen molar-refractivity contribution in [3.63, 3.8) is 0 Å². The number of carbonyl (C=O) groups is 2. The topological polar surface area (TPSA) is 55.9 Å². The third-order valence-electron chi connectivity index (χ3n) is 5.93. The molecule has 0 spiro atoms. The average Bonchev–Trinajstić information content (AvgIpc) is 2.74. The summed E-state index contributed by atoms with van der Waals surface area (Å²) in [6.45, 7) is 12.3. The first kappa shape index (κ1) is 21.6. The Morgan fingerprint density at radius 1 is 1.10 bits per heavy atom. The lowest BCUT2D eigenvalue weighted by Crippen LogP contribution is -2.48. The number of rotatable bonds is 5. The Morgan fingerprint density at radius 2 is 1.86 bits per heavy atom. The van der Waals surface area contributed by atoms with Crippen LogP contribution in [0.4, 0.5) is 4.79 Å². The van der Waals surface area contributed by atoms with E-state index in [-0.39, 0.29) is 23.9 Å². The van der Waals surface area contributed by atoms with Crippen LogP contribution >= 0.6 is 0 Å². The van der Waals surface area contributed by atoms with Gasteiger partial charge in [0.2, 0.25) is 0 Å². The quantitative estimate of drug-likeness (QED) is 0.826. The number of hydrogen-bond acceptors (Lipinski definition) is 3. The third-order valence-corrected chi connectivity index (χ3v) is 5.93. The summed E-state index contributed by atoms with van der Waals surface area (Å²) in [7, 11) is 0. The van der Waals surface area contributed by atoms with Crippen molar-refractivity contribution in [2.45, 2.75) is 52.0 Å². The number of likely N-dealkylation sites (tertiary alicyclic amines) is 1. The summed E-state index contributed by atoms with van der Waals surface area (Å²) in [4.78, 5) is 31.7. The standard InChI is InChI=1S/C23H36N4O2/c1-4-10-25-12-14-26(15-13-25)22(28)20-8-5-7-19(16-20)21-9-6-11-27(17-21)23(29)24-18(2)3/h5,7-8,16,18,21H,4,6,9-15,17H2,1-3H3,(H,24,29). The van der Waals surface area contributed by atoms with Crippen molar-refractivity contribution >= 4 is 11.9 Å². The molecule has 2 aliphatic rings. The summed E-state index contributed by atoms with van der Waals surface area (Å²) in [6.07, 6.45) is 3.20. The highest BCUT2D eigenvalue weighted by molar-refractivity contribution is 5.94. The van der Waals surface area contributed by atoms with Crippen LogP contribution in [0.25, 0.3) is 0 Å². The van der Waals surface area contributed by atoms with Crippen molar-refractivity contribution in [1.82, 2.24) is 20.0 Å². The van der Waals surface area contributed by atoms with Crippen LogP contribution < -0.4 is 5.32 Å². The van der Waals surface area contributed by atoms with E-state index < -0.39 is 0 Å². The van der Waals surface area contributed by atoms with Gasteiger partial charge in [-0.05, 0) is 57.4 Å². The maximum atomic E-state index is 13.0. The van der Waals surface area contributed by atoms with Gasteiger partial charge in [0.25, 0.3) is 5.91 Å². The second-order valence-electron chi connectivity index (χ2n) is 8.65. The Kier molecular flexibility index (Phi) is 7.53. The molecule has 2 aliphatic heterocycles. The Morgan fingerprint density at radius 3 is 2.55 bits per heavy atom. The summed E-state index contributed by atoms with van der Waals surface area (Å²) >= 11 is 0. The van der Waals surface area contributed by atoms with Crippen molar-refractivity contribution in [3.05, 3.63) is 35.4 Å². The molecule has 6 nitrogen and oxygen atoms in total. The van der Waals surface area contributed by atoms with E-state index in [4.69, 9.17) is 0 Å². The Bertz CT molecular complexity index is 698. The SMILES string of the molecule is CCCN1CCN(C(=O)c2cccc(C3CCCN(C(=O)NC(C)C)C3)c2)CC1. The number of nitrogens with zero attached hydrogens (tertiary/aromatic N) is 3. The molecule has 6 heteroatoms. The summed E-state index contributed by atoms with van der Waals surface area (Å²) < 4.78 is 0. The number of urea groups is 1. The van der Waals surface area contributed by atoms with Crippen LogP contribution in [0.5, 0.6) is 0 Å². The fraction of sp³-hybridized carbons (Fsp3) is 0.652. The van der Waals surface area contributed by atoms with Crippen molar-refractivity contribution in [2.75, 3.05) is 45.8 Å². The molecular weight excluding hydrogens is 364 g/mol. The predicted molar refractivity (Wildman–Crippen MR) is 116 cm³/mol. The molecule has 2 saturated heterocycles. The lowest BCUT2D eigenvalue weighted by Gasteiger charge is -2.35. The zero-order valence-electron chi connectivity index (χ0n) is 18.2. The minimum Gasteiger partial charge on any atom is -0.336 e. The largest absolute Gasteiger partial charge is 0.336 e. The van der Waals surface area contributed by atoms with E-state index in [1.807, 2.05) is 35.8 Å². The molecule has 1 atom stereocenters. The Balaban J connectivity index is 1.63. The van der Waals surface area contributed by atoms with Crippen LogP contribution in [0.1, 0.15) is 61.9 Å². The first-order valence-electron chi connectivity index (χ1n) is 11.1. The zero-order chi connectivity index (χ0) is 20.8. The monoisotopic (exact) mass is 400 g/mol. The van der Waals surface area contributed by atoms with Crippen molar-refractivity contribution in [1.29, 1.82) is 0 Å². The molecule has 0 bridgehead atoms. The maximum Gasteiger partial charge on any atom is 0.317 e. The van der Waals surface area contributed by atoms with Gasteiger partial charge in [0.1, 0.15) is 0 Å². The van der Waals surface area contributed by atoms with Gasteiger partial charge in [-0.15, -0.1) is 0 Å². The van der Waals surface area contributed by atoms with Crippen LogP contribution in [-0.2, 0) is 0 Å². The van der Waals surface area contributed by atoms with Crippen molar-refractivity contribution < 1.29 is 9.59 Å². The van der Waals surface area contributed by atoms with Crippen LogP contribution in [0, 0.1) is 0 Å².